The molecule has 0 fully saturated rings. The van der Waals surface area contributed by atoms with Gasteiger partial charge in [0.2, 0.25) is 0 Å². The average Bonchev–Trinajstić information content (AvgIpc) is 2.76. The number of pyridine rings is 1. The first-order chi connectivity index (χ1) is 9.69. The monoisotopic (exact) mass is 289 g/mol. The van der Waals surface area contributed by atoms with Gasteiger partial charge < -0.3 is 0 Å². The first kappa shape index (κ1) is 13.1. The van der Waals surface area contributed by atoms with Gasteiger partial charge in [0.1, 0.15) is 17.2 Å². The summed E-state index contributed by atoms with van der Waals surface area (Å²) in [5.41, 5.74) is 3.09. The van der Waals surface area contributed by atoms with E-state index >= 15 is 0 Å². The van der Waals surface area contributed by atoms with Crippen molar-refractivity contribution in [1.82, 2.24) is 14.5 Å². The summed E-state index contributed by atoms with van der Waals surface area (Å²) in [5, 5.41) is 0. The van der Waals surface area contributed by atoms with E-state index in [0.29, 0.717) is 12.3 Å². The zero-order chi connectivity index (χ0) is 14.1. The number of aromatic nitrogens is 3. The smallest absolute Gasteiger partial charge is 0.164 e. The second-order valence-corrected chi connectivity index (χ2v) is 5.01. The Labute approximate surface area is 121 Å². The van der Waals surface area contributed by atoms with Crippen LogP contribution in [0.1, 0.15) is 11.4 Å². The Morgan fingerprint density at radius 2 is 2.15 bits per heavy atom. The molecule has 3 rings (SSSR count). The molecule has 0 atom stereocenters. The van der Waals surface area contributed by atoms with Gasteiger partial charge in [0.05, 0.1) is 5.69 Å². The van der Waals surface area contributed by atoms with E-state index < -0.39 is 0 Å². The van der Waals surface area contributed by atoms with Gasteiger partial charge in [0.15, 0.2) is 5.65 Å². The molecule has 0 aliphatic rings. The summed E-state index contributed by atoms with van der Waals surface area (Å²) in [4.78, 5) is 8.89. The molecule has 0 unspecified atom stereocenters. The Bertz CT molecular complexity index is 747. The van der Waals surface area contributed by atoms with E-state index in [9.17, 15) is 4.39 Å². The fourth-order valence-corrected chi connectivity index (χ4v) is 2.50. The number of hydrogen-bond donors (Lipinski definition) is 0. The Balaban J connectivity index is 2.29. The molecular formula is C15H13ClFN3. The van der Waals surface area contributed by atoms with Crippen LogP contribution in [-0.4, -0.2) is 20.4 Å². The summed E-state index contributed by atoms with van der Waals surface area (Å²) < 4.78 is 15.5. The molecule has 20 heavy (non-hydrogen) atoms. The standard InChI is InChI=1S/C15H13ClFN3/c1-10-7-11(17)9-12(8-10)20-14(4-5-16)19-13-3-2-6-18-15(13)20/h2-3,6-9H,4-5H2,1H3. The van der Waals surface area contributed by atoms with Crippen LogP contribution in [0.3, 0.4) is 0 Å². The molecule has 3 aromatic rings. The maximum Gasteiger partial charge on any atom is 0.164 e. The van der Waals surface area contributed by atoms with E-state index in [2.05, 4.69) is 9.97 Å². The number of benzene rings is 1. The summed E-state index contributed by atoms with van der Waals surface area (Å²) in [6.45, 7) is 1.86. The molecule has 0 bridgehead atoms. The number of imidazole rings is 1. The lowest BCUT2D eigenvalue weighted by atomic mass is 10.2. The van der Waals surface area contributed by atoms with Crippen molar-refractivity contribution < 1.29 is 4.39 Å². The first-order valence-electron chi connectivity index (χ1n) is 6.35. The fraction of sp³-hybridized carbons (Fsp3) is 0.200. The topological polar surface area (TPSA) is 30.7 Å². The largest absolute Gasteiger partial charge is 0.281 e. The SMILES string of the molecule is Cc1cc(F)cc(-n2c(CCCl)nc3cccnc32)c1. The second kappa shape index (κ2) is 5.21. The van der Waals surface area contributed by atoms with Crippen molar-refractivity contribution in [2.45, 2.75) is 13.3 Å². The van der Waals surface area contributed by atoms with Crippen molar-refractivity contribution in [1.29, 1.82) is 0 Å². The molecule has 0 aliphatic carbocycles. The third-order valence-corrected chi connectivity index (χ3v) is 3.28. The highest BCUT2D eigenvalue weighted by Gasteiger charge is 2.13. The number of aryl methyl sites for hydroxylation is 2. The number of halogens is 2. The molecule has 2 heterocycles. The number of nitrogens with zero attached hydrogens (tertiary/aromatic N) is 3. The summed E-state index contributed by atoms with van der Waals surface area (Å²) >= 11 is 5.84. The second-order valence-electron chi connectivity index (χ2n) is 4.64. The molecule has 0 spiro atoms. The van der Waals surface area contributed by atoms with Crippen LogP contribution in [0.2, 0.25) is 0 Å². The molecule has 0 saturated carbocycles. The van der Waals surface area contributed by atoms with E-state index in [1.165, 1.54) is 12.1 Å². The molecule has 0 radical (unpaired) electrons. The summed E-state index contributed by atoms with van der Waals surface area (Å²) in [6.07, 6.45) is 2.31. The summed E-state index contributed by atoms with van der Waals surface area (Å²) in [5.74, 6) is 0.978. The van der Waals surface area contributed by atoms with E-state index in [4.69, 9.17) is 11.6 Å². The van der Waals surface area contributed by atoms with Crippen LogP contribution in [0, 0.1) is 12.7 Å². The fourth-order valence-electron chi connectivity index (χ4n) is 2.33. The van der Waals surface area contributed by atoms with Gasteiger partial charge in [-0.1, -0.05) is 0 Å². The van der Waals surface area contributed by atoms with Crippen molar-refractivity contribution in [2.24, 2.45) is 0 Å². The molecule has 1 aromatic carbocycles. The Morgan fingerprint density at radius 1 is 1.30 bits per heavy atom. The van der Waals surface area contributed by atoms with Gasteiger partial charge in [0, 0.05) is 18.5 Å². The van der Waals surface area contributed by atoms with Crippen LogP contribution in [0.25, 0.3) is 16.9 Å². The van der Waals surface area contributed by atoms with E-state index in [1.807, 2.05) is 29.7 Å². The van der Waals surface area contributed by atoms with Gasteiger partial charge in [-0.15, -0.1) is 11.6 Å². The number of rotatable bonds is 3. The molecule has 0 aliphatic heterocycles. The lowest BCUT2D eigenvalue weighted by molar-refractivity contribution is 0.625. The van der Waals surface area contributed by atoms with Crippen molar-refractivity contribution in [3.63, 3.8) is 0 Å². The van der Waals surface area contributed by atoms with Gasteiger partial charge in [-0.3, -0.25) is 4.57 Å². The number of alkyl halides is 1. The molecule has 2 aromatic heterocycles. The zero-order valence-electron chi connectivity index (χ0n) is 11.0. The van der Waals surface area contributed by atoms with Gasteiger partial charge in [-0.05, 0) is 42.8 Å². The maximum absolute atomic E-state index is 13.7. The van der Waals surface area contributed by atoms with E-state index in [-0.39, 0.29) is 5.82 Å². The summed E-state index contributed by atoms with van der Waals surface area (Å²) in [6, 6.07) is 8.62. The minimum Gasteiger partial charge on any atom is -0.281 e. The van der Waals surface area contributed by atoms with E-state index in [1.54, 1.807) is 6.20 Å². The lowest BCUT2D eigenvalue weighted by Crippen LogP contribution is -2.03. The van der Waals surface area contributed by atoms with Crippen LogP contribution in [0.5, 0.6) is 0 Å². The number of hydrogen-bond acceptors (Lipinski definition) is 2. The van der Waals surface area contributed by atoms with Crippen molar-refractivity contribution in [3.8, 4) is 5.69 Å². The average molecular weight is 290 g/mol. The van der Waals surface area contributed by atoms with Crippen LogP contribution in [0.4, 0.5) is 4.39 Å². The quantitative estimate of drug-likeness (QED) is 0.689. The third-order valence-electron chi connectivity index (χ3n) is 3.09. The highest BCUT2D eigenvalue weighted by atomic mass is 35.5. The Kier molecular flexibility index (Phi) is 3.40. The molecule has 0 amide bonds. The first-order valence-corrected chi connectivity index (χ1v) is 6.88. The van der Waals surface area contributed by atoms with Crippen LogP contribution in [-0.2, 0) is 6.42 Å². The highest BCUT2D eigenvalue weighted by Crippen LogP contribution is 2.22. The van der Waals surface area contributed by atoms with Gasteiger partial charge in [-0.25, -0.2) is 14.4 Å². The molecular weight excluding hydrogens is 277 g/mol. The maximum atomic E-state index is 13.7. The van der Waals surface area contributed by atoms with Gasteiger partial charge in [-0.2, -0.15) is 0 Å². The van der Waals surface area contributed by atoms with Crippen LogP contribution >= 0.6 is 11.6 Å². The number of fused-ring (bicyclic) bond motifs is 1. The van der Waals surface area contributed by atoms with Gasteiger partial charge >= 0.3 is 0 Å². The predicted molar refractivity (Wildman–Crippen MR) is 78.0 cm³/mol. The van der Waals surface area contributed by atoms with E-state index in [0.717, 1.165) is 28.2 Å². The normalized spacial score (nSPS) is 11.2. The van der Waals surface area contributed by atoms with Crippen molar-refractivity contribution in [3.05, 3.63) is 53.7 Å². The van der Waals surface area contributed by atoms with Crippen molar-refractivity contribution >= 4 is 22.8 Å². The molecule has 102 valence electrons. The summed E-state index contributed by atoms with van der Waals surface area (Å²) in [7, 11) is 0. The Hall–Kier alpha value is -1.94. The molecule has 5 heteroatoms. The van der Waals surface area contributed by atoms with Crippen molar-refractivity contribution in [2.75, 3.05) is 5.88 Å². The van der Waals surface area contributed by atoms with Crippen LogP contribution in [0.15, 0.2) is 36.5 Å². The molecule has 3 nitrogen and oxygen atoms in total. The molecule has 0 N–H and O–H groups in total. The minimum atomic E-state index is -0.269. The zero-order valence-corrected chi connectivity index (χ0v) is 11.7. The predicted octanol–water partition coefficient (Wildman–Crippen LogP) is 3.65. The Morgan fingerprint density at radius 3 is 2.90 bits per heavy atom. The third kappa shape index (κ3) is 2.27. The molecule has 0 saturated heterocycles. The lowest BCUT2D eigenvalue weighted by Gasteiger charge is -2.09. The minimum absolute atomic E-state index is 0.269. The van der Waals surface area contributed by atoms with Crippen LogP contribution < -0.4 is 0 Å². The highest BCUT2D eigenvalue weighted by molar-refractivity contribution is 6.17. The van der Waals surface area contributed by atoms with Gasteiger partial charge in [0.25, 0.3) is 0 Å².